The van der Waals surface area contributed by atoms with Crippen molar-refractivity contribution >= 4 is 23.0 Å². The number of carbonyl (C=O) groups is 1. The van der Waals surface area contributed by atoms with Crippen LogP contribution in [0, 0.1) is 5.82 Å². The maximum absolute atomic E-state index is 14.4. The van der Waals surface area contributed by atoms with Gasteiger partial charge >= 0.3 is 0 Å². The predicted octanol–water partition coefficient (Wildman–Crippen LogP) is 3.39. The molecule has 1 saturated heterocycles. The number of benzene rings is 2. The van der Waals surface area contributed by atoms with Crippen LogP contribution in [0.15, 0.2) is 47.6 Å². The third kappa shape index (κ3) is 5.00. The molecule has 0 aromatic heterocycles. The van der Waals surface area contributed by atoms with Crippen LogP contribution in [0.1, 0.15) is 25.3 Å². The van der Waals surface area contributed by atoms with Gasteiger partial charge in [-0.15, -0.1) is 0 Å². The van der Waals surface area contributed by atoms with E-state index < -0.39 is 0 Å². The van der Waals surface area contributed by atoms with Crippen LogP contribution in [0.25, 0.3) is 0 Å². The topological polar surface area (TPSA) is 66.0 Å². The van der Waals surface area contributed by atoms with Crippen molar-refractivity contribution in [1.82, 2.24) is 5.43 Å². The van der Waals surface area contributed by atoms with Gasteiger partial charge in [-0.1, -0.05) is 12.1 Å². The van der Waals surface area contributed by atoms with E-state index in [0.29, 0.717) is 22.7 Å². The van der Waals surface area contributed by atoms with Crippen LogP contribution in [-0.2, 0) is 4.79 Å². The molecule has 1 amide bonds. The molecule has 0 unspecified atom stereocenters. The number of hydrazone groups is 1. The summed E-state index contributed by atoms with van der Waals surface area (Å²) in [7, 11) is 1.59. The Morgan fingerprint density at radius 3 is 2.71 bits per heavy atom. The number of methoxy groups -OCH3 is 1. The molecule has 7 heteroatoms. The van der Waals surface area contributed by atoms with Crippen LogP contribution in [0.3, 0.4) is 0 Å². The number of anilines is 2. The highest BCUT2D eigenvalue weighted by Gasteiger charge is 2.16. The lowest BCUT2D eigenvalue weighted by Crippen LogP contribution is -2.26. The first kappa shape index (κ1) is 19.7. The van der Waals surface area contributed by atoms with Gasteiger partial charge in [-0.25, -0.2) is 9.82 Å². The van der Waals surface area contributed by atoms with E-state index in [9.17, 15) is 9.18 Å². The lowest BCUT2D eigenvalue weighted by molar-refractivity contribution is -0.119. The van der Waals surface area contributed by atoms with E-state index in [1.165, 1.54) is 6.07 Å². The Morgan fingerprint density at radius 1 is 1.21 bits per heavy atom. The molecule has 0 atom stereocenters. The number of halogens is 1. The summed E-state index contributed by atoms with van der Waals surface area (Å²) in [5, 5.41) is 7.08. The molecular weight excluding hydrogens is 359 g/mol. The Labute approximate surface area is 164 Å². The van der Waals surface area contributed by atoms with Gasteiger partial charge in [-0.3, -0.25) is 4.79 Å². The number of amides is 1. The minimum absolute atomic E-state index is 0.0617. The first-order chi connectivity index (χ1) is 13.6. The first-order valence-electron chi connectivity index (χ1n) is 9.33. The van der Waals surface area contributed by atoms with Gasteiger partial charge in [0.2, 0.25) is 0 Å². The highest BCUT2D eigenvalue weighted by molar-refractivity contribution is 5.99. The summed E-state index contributed by atoms with van der Waals surface area (Å²) < 4.78 is 19.6. The van der Waals surface area contributed by atoms with Crippen molar-refractivity contribution in [2.24, 2.45) is 5.10 Å². The number of carbonyl (C=O) groups excluding carboxylic acids is 1. The molecule has 0 radical (unpaired) electrons. The van der Waals surface area contributed by atoms with Gasteiger partial charge in [0.1, 0.15) is 11.6 Å². The standard InChI is InChI=1S/C21H25FN4O2/c1-15(16-8-9-20(19(22)12-16)26-10-3-4-11-26)24-25-21(27)14-23-17-6-5-7-18(13-17)28-2/h5-9,12-13,23H,3-4,10-11,14H2,1-2H3,(H,25,27)/b24-15-. The van der Waals surface area contributed by atoms with Crippen molar-refractivity contribution < 1.29 is 13.9 Å². The van der Waals surface area contributed by atoms with E-state index in [1.54, 1.807) is 26.2 Å². The molecule has 1 aliphatic rings. The zero-order valence-corrected chi connectivity index (χ0v) is 16.2. The SMILES string of the molecule is COc1cccc(NCC(=O)N/N=C(/C)c2ccc(N3CCCC3)c(F)c2)c1. The lowest BCUT2D eigenvalue weighted by atomic mass is 10.1. The fraction of sp³-hybridized carbons (Fsp3) is 0.333. The molecule has 1 fully saturated rings. The van der Waals surface area contributed by atoms with Crippen molar-refractivity contribution in [1.29, 1.82) is 0 Å². The van der Waals surface area contributed by atoms with Gasteiger partial charge in [-0.2, -0.15) is 5.10 Å². The number of ether oxygens (including phenoxy) is 1. The maximum atomic E-state index is 14.4. The number of rotatable bonds is 7. The molecule has 0 saturated carbocycles. The second kappa shape index (κ2) is 9.21. The average Bonchev–Trinajstić information content (AvgIpc) is 3.25. The summed E-state index contributed by atoms with van der Waals surface area (Å²) in [6.07, 6.45) is 2.19. The van der Waals surface area contributed by atoms with Crippen LogP contribution in [0.2, 0.25) is 0 Å². The van der Waals surface area contributed by atoms with Gasteiger partial charge < -0.3 is 15.0 Å². The van der Waals surface area contributed by atoms with Crippen LogP contribution < -0.4 is 20.4 Å². The summed E-state index contributed by atoms with van der Waals surface area (Å²) in [4.78, 5) is 14.1. The zero-order chi connectivity index (χ0) is 19.9. The molecule has 148 valence electrons. The van der Waals surface area contributed by atoms with Crippen LogP contribution in [0.5, 0.6) is 5.75 Å². The Hall–Kier alpha value is -3.09. The fourth-order valence-corrected chi connectivity index (χ4v) is 3.11. The van der Waals surface area contributed by atoms with E-state index >= 15 is 0 Å². The number of nitrogens with one attached hydrogen (secondary N) is 2. The Kier molecular flexibility index (Phi) is 6.47. The molecule has 28 heavy (non-hydrogen) atoms. The second-order valence-electron chi connectivity index (χ2n) is 6.68. The van der Waals surface area contributed by atoms with Crippen molar-refractivity contribution in [3.8, 4) is 5.75 Å². The smallest absolute Gasteiger partial charge is 0.259 e. The largest absolute Gasteiger partial charge is 0.497 e. The molecule has 1 aliphatic heterocycles. The zero-order valence-electron chi connectivity index (χ0n) is 16.2. The highest BCUT2D eigenvalue weighted by atomic mass is 19.1. The van der Waals surface area contributed by atoms with E-state index in [1.807, 2.05) is 24.3 Å². The van der Waals surface area contributed by atoms with Crippen LogP contribution in [0.4, 0.5) is 15.8 Å². The lowest BCUT2D eigenvalue weighted by Gasteiger charge is -2.18. The third-order valence-electron chi connectivity index (χ3n) is 4.68. The fourth-order valence-electron chi connectivity index (χ4n) is 3.11. The normalized spacial score (nSPS) is 14.1. The Morgan fingerprint density at radius 2 is 2.00 bits per heavy atom. The average molecular weight is 384 g/mol. The molecule has 2 aromatic carbocycles. The minimum Gasteiger partial charge on any atom is -0.497 e. The van der Waals surface area contributed by atoms with Gasteiger partial charge in [0.15, 0.2) is 0 Å². The Balaban J connectivity index is 1.55. The minimum atomic E-state index is -0.295. The number of hydrogen-bond acceptors (Lipinski definition) is 5. The summed E-state index contributed by atoms with van der Waals surface area (Å²) in [5.41, 5.74) is 5.07. The summed E-state index contributed by atoms with van der Waals surface area (Å²) in [6, 6.07) is 12.4. The summed E-state index contributed by atoms with van der Waals surface area (Å²) in [6.45, 7) is 3.58. The summed E-state index contributed by atoms with van der Waals surface area (Å²) >= 11 is 0. The molecule has 2 aromatic rings. The van der Waals surface area contributed by atoms with Gasteiger partial charge in [-0.05, 0) is 44.0 Å². The second-order valence-corrected chi connectivity index (χ2v) is 6.68. The van der Waals surface area contributed by atoms with Crippen LogP contribution in [-0.4, -0.2) is 38.4 Å². The number of nitrogens with zero attached hydrogens (tertiary/aromatic N) is 2. The highest BCUT2D eigenvalue weighted by Crippen LogP contribution is 2.24. The van der Waals surface area contributed by atoms with Gasteiger partial charge in [0, 0.05) is 30.4 Å². The molecule has 1 heterocycles. The monoisotopic (exact) mass is 384 g/mol. The van der Waals surface area contributed by atoms with Crippen molar-refractivity contribution in [3.63, 3.8) is 0 Å². The quantitative estimate of drug-likeness (QED) is 0.567. The van der Waals surface area contributed by atoms with E-state index in [2.05, 4.69) is 20.7 Å². The van der Waals surface area contributed by atoms with Crippen LogP contribution >= 0.6 is 0 Å². The van der Waals surface area contributed by atoms with E-state index in [0.717, 1.165) is 31.6 Å². The first-order valence-corrected chi connectivity index (χ1v) is 9.33. The molecular formula is C21H25FN4O2. The molecule has 0 spiro atoms. The van der Waals surface area contributed by atoms with Gasteiger partial charge in [0.05, 0.1) is 25.1 Å². The van der Waals surface area contributed by atoms with Crippen molar-refractivity contribution in [2.45, 2.75) is 19.8 Å². The van der Waals surface area contributed by atoms with E-state index in [4.69, 9.17) is 4.74 Å². The molecule has 0 aliphatic carbocycles. The third-order valence-corrected chi connectivity index (χ3v) is 4.68. The molecule has 6 nitrogen and oxygen atoms in total. The summed E-state index contributed by atoms with van der Waals surface area (Å²) in [5.74, 6) is 0.148. The van der Waals surface area contributed by atoms with Gasteiger partial charge in [0.25, 0.3) is 5.91 Å². The Bertz CT molecular complexity index is 863. The predicted molar refractivity (Wildman–Crippen MR) is 110 cm³/mol. The molecule has 2 N–H and O–H groups in total. The van der Waals surface area contributed by atoms with Crippen molar-refractivity contribution in [3.05, 3.63) is 53.8 Å². The van der Waals surface area contributed by atoms with E-state index in [-0.39, 0.29) is 18.3 Å². The number of hydrogen-bond donors (Lipinski definition) is 2. The molecule has 3 rings (SSSR count). The molecule has 0 bridgehead atoms. The van der Waals surface area contributed by atoms with Crippen molar-refractivity contribution in [2.75, 3.05) is 37.0 Å². The maximum Gasteiger partial charge on any atom is 0.259 e.